The van der Waals surface area contributed by atoms with Crippen LogP contribution < -0.4 is 10.2 Å². The molecule has 0 atom stereocenters. The molecule has 0 aliphatic carbocycles. The van der Waals surface area contributed by atoms with Gasteiger partial charge >= 0.3 is 0 Å². The maximum Gasteiger partial charge on any atom is 0.260 e. The predicted octanol–water partition coefficient (Wildman–Crippen LogP) is 2.07. The van der Waals surface area contributed by atoms with E-state index in [2.05, 4.69) is 15.4 Å². The number of carbonyl (C=O) groups excluding carboxylic acids is 1. The highest BCUT2D eigenvalue weighted by Crippen LogP contribution is 2.27. The molecular formula is C15H17N3O3. The van der Waals surface area contributed by atoms with Crippen LogP contribution in [0.2, 0.25) is 0 Å². The van der Waals surface area contributed by atoms with Gasteiger partial charge in [-0.1, -0.05) is 17.3 Å². The Labute approximate surface area is 122 Å². The molecule has 1 amide bonds. The molecule has 1 aliphatic heterocycles. The summed E-state index contributed by atoms with van der Waals surface area (Å²) in [5, 5.41) is 6.56. The second-order valence-electron chi connectivity index (χ2n) is 4.87. The van der Waals surface area contributed by atoms with E-state index in [0.29, 0.717) is 24.5 Å². The van der Waals surface area contributed by atoms with Crippen molar-refractivity contribution in [3.8, 4) is 0 Å². The Morgan fingerprint density at radius 3 is 2.76 bits per heavy atom. The molecule has 2 heterocycles. The largest absolute Gasteiger partial charge is 0.378 e. The predicted molar refractivity (Wildman–Crippen MR) is 78.7 cm³/mol. The lowest BCUT2D eigenvalue weighted by Gasteiger charge is -2.30. The molecule has 0 radical (unpaired) electrons. The van der Waals surface area contributed by atoms with E-state index in [1.807, 2.05) is 24.3 Å². The number of hydrogen-bond donors (Lipinski definition) is 1. The van der Waals surface area contributed by atoms with Gasteiger partial charge in [0.15, 0.2) is 0 Å². The lowest BCUT2D eigenvalue weighted by atomic mass is 10.2. The average molecular weight is 287 g/mol. The molecule has 1 aliphatic rings. The molecule has 21 heavy (non-hydrogen) atoms. The van der Waals surface area contributed by atoms with Gasteiger partial charge in [-0.05, 0) is 19.1 Å². The molecule has 0 saturated carbocycles. The zero-order valence-corrected chi connectivity index (χ0v) is 11.8. The van der Waals surface area contributed by atoms with E-state index in [4.69, 9.17) is 9.26 Å². The van der Waals surface area contributed by atoms with E-state index < -0.39 is 0 Å². The molecule has 3 rings (SSSR count). The van der Waals surface area contributed by atoms with Gasteiger partial charge in [0.05, 0.1) is 30.8 Å². The number of anilines is 2. The number of hydrogen-bond acceptors (Lipinski definition) is 5. The van der Waals surface area contributed by atoms with Gasteiger partial charge in [0.1, 0.15) is 11.3 Å². The van der Waals surface area contributed by atoms with Crippen molar-refractivity contribution in [1.82, 2.24) is 5.16 Å². The average Bonchev–Trinajstić information content (AvgIpc) is 2.95. The molecule has 1 N–H and O–H groups in total. The first-order valence-corrected chi connectivity index (χ1v) is 6.90. The highest BCUT2D eigenvalue weighted by Gasteiger charge is 2.18. The fourth-order valence-corrected chi connectivity index (χ4v) is 2.37. The van der Waals surface area contributed by atoms with Crippen molar-refractivity contribution in [3.05, 3.63) is 41.8 Å². The molecular weight excluding hydrogens is 270 g/mol. The Morgan fingerprint density at radius 1 is 1.29 bits per heavy atom. The maximum absolute atomic E-state index is 12.3. The summed E-state index contributed by atoms with van der Waals surface area (Å²) in [7, 11) is 0. The molecule has 6 nitrogen and oxygen atoms in total. The third kappa shape index (κ3) is 2.90. The molecule has 1 aromatic carbocycles. The molecule has 1 fully saturated rings. The van der Waals surface area contributed by atoms with Gasteiger partial charge in [-0.3, -0.25) is 4.79 Å². The smallest absolute Gasteiger partial charge is 0.260 e. The first-order chi connectivity index (χ1) is 10.3. The van der Waals surface area contributed by atoms with E-state index >= 15 is 0 Å². The van der Waals surface area contributed by atoms with Crippen LogP contribution in [0.15, 0.2) is 35.0 Å². The molecule has 0 spiro atoms. The lowest BCUT2D eigenvalue weighted by Crippen LogP contribution is -2.36. The zero-order valence-electron chi connectivity index (χ0n) is 11.8. The molecule has 0 unspecified atom stereocenters. The summed E-state index contributed by atoms with van der Waals surface area (Å²) in [5.41, 5.74) is 2.24. The third-order valence-electron chi connectivity index (χ3n) is 3.50. The second kappa shape index (κ2) is 5.97. The van der Waals surface area contributed by atoms with E-state index in [1.165, 1.54) is 6.20 Å². The number of morpholine rings is 1. The van der Waals surface area contributed by atoms with E-state index in [0.717, 1.165) is 24.5 Å². The Morgan fingerprint density at radius 2 is 2.05 bits per heavy atom. The van der Waals surface area contributed by atoms with Crippen molar-refractivity contribution in [2.75, 3.05) is 36.5 Å². The van der Waals surface area contributed by atoms with Crippen LogP contribution in [-0.4, -0.2) is 37.4 Å². The van der Waals surface area contributed by atoms with Crippen molar-refractivity contribution in [3.63, 3.8) is 0 Å². The van der Waals surface area contributed by atoms with Gasteiger partial charge < -0.3 is 19.5 Å². The summed E-state index contributed by atoms with van der Waals surface area (Å²) in [6.07, 6.45) is 1.43. The summed E-state index contributed by atoms with van der Waals surface area (Å²) in [6.45, 7) is 4.76. The van der Waals surface area contributed by atoms with Crippen LogP contribution in [0.3, 0.4) is 0 Å². The van der Waals surface area contributed by atoms with Gasteiger partial charge in [0.25, 0.3) is 5.91 Å². The molecule has 2 aromatic rings. The van der Waals surface area contributed by atoms with Gasteiger partial charge in [0.2, 0.25) is 0 Å². The second-order valence-corrected chi connectivity index (χ2v) is 4.87. The highest BCUT2D eigenvalue weighted by molar-refractivity contribution is 6.06. The first-order valence-electron chi connectivity index (χ1n) is 6.90. The van der Waals surface area contributed by atoms with Gasteiger partial charge in [0, 0.05) is 13.1 Å². The van der Waals surface area contributed by atoms with Crippen LogP contribution in [-0.2, 0) is 4.74 Å². The van der Waals surface area contributed by atoms with E-state index in [1.54, 1.807) is 6.92 Å². The maximum atomic E-state index is 12.3. The fourth-order valence-electron chi connectivity index (χ4n) is 2.37. The topological polar surface area (TPSA) is 67.6 Å². The number of aromatic nitrogens is 1. The molecule has 0 bridgehead atoms. The Bertz CT molecular complexity index is 633. The number of benzene rings is 1. The quantitative estimate of drug-likeness (QED) is 0.936. The van der Waals surface area contributed by atoms with E-state index in [-0.39, 0.29) is 5.91 Å². The SMILES string of the molecule is Cc1oncc1C(=O)Nc1ccccc1N1CCOCC1. The fraction of sp³-hybridized carbons (Fsp3) is 0.333. The Kier molecular flexibility index (Phi) is 3.87. The molecule has 6 heteroatoms. The minimum Gasteiger partial charge on any atom is -0.378 e. The van der Waals surface area contributed by atoms with Gasteiger partial charge in [-0.25, -0.2) is 0 Å². The number of nitrogens with zero attached hydrogens (tertiary/aromatic N) is 2. The van der Waals surface area contributed by atoms with Crippen molar-refractivity contribution in [2.45, 2.75) is 6.92 Å². The molecule has 1 saturated heterocycles. The minimum absolute atomic E-state index is 0.213. The normalized spacial score (nSPS) is 15.0. The number of aryl methyl sites for hydroxylation is 1. The summed E-state index contributed by atoms with van der Waals surface area (Å²) >= 11 is 0. The van der Waals surface area contributed by atoms with E-state index in [9.17, 15) is 4.79 Å². The zero-order chi connectivity index (χ0) is 14.7. The summed E-state index contributed by atoms with van der Waals surface area (Å²) < 4.78 is 10.3. The van der Waals surface area contributed by atoms with Crippen molar-refractivity contribution >= 4 is 17.3 Å². The van der Waals surface area contributed by atoms with Crippen molar-refractivity contribution in [2.24, 2.45) is 0 Å². The van der Waals surface area contributed by atoms with Crippen LogP contribution in [0.1, 0.15) is 16.1 Å². The van der Waals surface area contributed by atoms with Crippen molar-refractivity contribution < 1.29 is 14.1 Å². The van der Waals surface area contributed by atoms with Crippen LogP contribution in [0.25, 0.3) is 0 Å². The lowest BCUT2D eigenvalue weighted by molar-refractivity contribution is 0.102. The van der Waals surface area contributed by atoms with Crippen LogP contribution in [0.5, 0.6) is 0 Å². The first kappa shape index (κ1) is 13.6. The van der Waals surface area contributed by atoms with Gasteiger partial charge in [-0.15, -0.1) is 0 Å². The number of amides is 1. The standard InChI is InChI=1S/C15H17N3O3/c1-11-12(10-16-21-11)15(19)17-13-4-2-3-5-14(13)18-6-8-20-9-7-18/h2-5,10H,6-9H2,1H3,(H,17,19). The summed E-state index contributed by atoms with van der Waals surface area (Å²) in [4.78, 5) is 14.5. The summed E-state index contributed by atoms with van der Waals surface area (Å²) in [6, 6.07) is 7.76. The Hall–Kier alpha value is -2.34. The molecule has 110 valence electrons. The monoisotopic (exact) mass is 287 g/mol. The van der Waals surface area contributed by atoms with Crippen molar-refractivity contribution in [1.29, 1.82) is 0 Å². The third-order valence-corrected chi connectivity index (χ3v) is 3.50. The highest BCUT2D eigenvalue weighted by atomic mass is 16.5. The molecule has 1 aromatic heterocycles. The Balaban J connectivity index is 1.82. The van der Waals surface area contributed by atoms with Crippen LogP contribution in [0.4, 0.5) is 11.4 Å². The van der Waals surface area contributed by atoms with Gasteiger partial charge in [-0.2, -0.15) is 0 Å². The number of carbonyl (C=O) groups is 1. The summed E-state index contributed by atoms with van der Waals surface area (Å²) in [5.74, 6) is 0.297. The number of nitrogens with one attached hydrogen (secondary N) is 1. The van der Waals surface area contributed by atoms with Crippen LogP contribution >= 0.6 is 0 Å². The number of ether oxygens (including phenoxy) is 1. The minimum atomic E-state index is -0.213. The number of para-hydroxylation sites is 2. The van der Waals surface area contributed by atoms with Crippen LogP contribution in [0, 0.1) is 6.92 Å². The number of rotatable bonds is 3.